The van der Waals surface area contributed by atoms with Crippen molar-refractivity contribution in [2.24, 2.45) is 0 Å². The Hall–Kier alpha value is -4.33. The van der Waals surface area contributed by atoms with Gasteiger partial charge in [0.15, 0.2) is 23.9 Å². The van der Waals surface area contributed by atoms with Crippen LogP contribution in [0.2, 0.25) is 0 Å². The van der Waals surface area contributed by atoms with E-state index in [0.29, 0.717) is 42.6 Å². The molecule has 0 bridgehead atoms. The smallest absolute Gasteiger partial charge is 0.295 e. The van der Waals surface area contributed by atoms with Gasteiger partial charge < -0.3 is 24.2 Å². The van der Waals surface area contributed by atoms with Crippen molar-refractivity contribution in [1.29, 1.82) is 0 Å². The normalized spacial score (nSPS) is 18.2. The number of ketones is 1. The van der Waals surface area contributed by atoms with Gasteiger partial charge in [-0.25, -0.2) is 4.98 Å². The number of unbranched alkanes of at least 4 members (excludes halogenated alkanes) is 1. The summed E-state index contributed by atoms with van der Waals surface area (Å²) < 4.78 is 17.1. The number of rotatable bonds is 8. The molecule has 1 saturated heterocycles. The first kappa shape index (κ1) is 24.4. The summed E-state index contributed by atoms with van der Waals surface area (Å²) in [4.78, 5) is 31.1. The number of ether oxygens (including phenoxy) is 3. The second-order valence-corrected chi connectivity index (χ2v) is 8.95. The summed E-state index contributed by atoms with van der Waals surface area (Å²) >= 11 is 0. The average Bonchev–Trinajstić information content (AvgIpc) is 3.18. The minimum Gasteiger partial charge on any atom is -0.872 e. The fraction of sp³-hybridized carbons (Fsp3) is 0.276. The second kappa shape index (κ2) is 10.7. The van der Waals surface area contributed by atoms with E-state index in [1.54, 1.807) is 36.7 Å². The number of Topliss-reactive ketones (excluding diaryl/α,β-unsaturated/α-hetero) is 1. The highest BCUT2D eigenvalue weighted by atomic mass is 16.6. The summed E-state index contributed by atoms with van der Waals surface area (Å²) in [6, 6.07) is 14.9. The zero-order valence-corrected chi connectivity index (χ0v) is 20.6. The fourth-order valence-corrected chi connectivity index (χ4v) is 4.55. The van der Waals surface area contributed by atoms with Gasteiger partial charge in [0.05, 0.1) is 19.2 Å². The first-order valence-electron chi connectivity index (χ1n) is 12.4. The van der Waals surface area contributed by atoms with Crippen molar-refractivity contribution >= 4 is 17.4 Å². The summed E-state index contributed by atoms with van der Waals surface area (Å²) in [7, 11) is 0. The van der Waals surface area contributed by atoms with Crippen LogP contribution in [0.25, 0.3) is 5.76 Å². The molecule has 8 heteroatoms. The van der Waals surface area contributed by atoms with Crippen LogP contribution in [0, 0.1) is 0 Å². The number of carbonyl (C=O) groups excluding carboxylic acids is 2. The number of benzene rings is 2. The van der Waals surface area contributed by atoms with Gasteiger partial charge in [-0.05, 0) is 47.9 Å². The highest BCUT2D eigenvalue weighted by molar-refractivity contribution is 6.46. The fourth-order valence-electron chi connectivity index (χ4n) is 4.55. The number of nitrogens with one attached hydrogen (secondary N) is 1. The standard InChI is InChI=1S/C29H28N2O6/c1-2-3-12-35-22-8-4-7-20(15-22)26-25(27(32)21-9-10-23-24(16-21)37-14-13-36-23)28(33)29(34)31(26)18-19-6-5-11-30-17-19/h4-11,15-17,26,32H,2-3,12-14,18H2,1H3. The van der Waals surface area contributed by atoms with E-state index in [2.05, 4.69) is 11.9 Å². The third kappa shape index (κ3) is 5.00. The Bertz CT molecular complexity index is 1340. The van der Waals surface area contributed by atoms with Crippen LogP contribution in [-0.2, 0) is 16.1 Å². The molecule has 3 aromatic rings. The molecule has 1 unspecified atom stereocenters. The van der Waals surface area contributed by atoms with Gasteiger partial charge in [0.1, 0.15) is 19.0 Å². The maximum absolute atomic E-state index is 13.8. The highest BCUT2D eigenvalue weighted by Crippen LogP contribution is 2.41. The Kier molecular flexibility index (Phi) is 7.07. The van der Waals surface area contributed by atoms with Gasteiger partial charge in [-0.15, -0.1) is 0 Å². The van der Waals surface area contributed by atoms with Crippen LogP contribution in [0.1, 0.15) is 42.5 Å². The number of hydrogen-bond donors (Lipinski definition) is 0. The van der Waals surface area contributed by atoms with Crippen molar-refractivity contribution in [3.63, 3.8) is 0 Å². The van der Waals surface area contributed by atoms with E-state index < -0.39 is 23.5 Å². The van der Waals surface area contributed by atoms with E-state index in [4.69, 9.17) is 14.2 Å². The lowest BCUT2D eigenvalue weighted by atomic mass is 9.95. The predicted octanol–water partition coefficient (Wildman–Crippen LogP) is 2.88. The van der Waals surface area contributed by atoms with Crippen molar-refractivity contribution in [1.82, 2.24) is 4.90 Å². The minimum atomic E-state index is -0.865. The number of aromatic amines is 1. The summed E-state index contributed by atoms with van der Waals surface area (Å²) in [5.41, 5.74) is 1.61. The van der Waals surface area contributed by atoms with Gasteiger partial charge in [0, 0.05) is 17.2 Å². The van der Waals surface area contributed by atoms with Crippen molar-refractivity contribution in [2.75, 3.05) is 19.8 Å². The van der Waals surface area contributed by atoms with Gasteiger partial charge in [0.2, 0.25) is 5.78 Å². The van der Waals surface area contributed by atoms with Crippen molar-refractivity contribution in [2.45, 2.75) is 32.4 Å². The number of hydrogen-bond acceptors (Lipinski definition) is 6. The molecule has 1 fully saturated rings. The van der Waals surface area contributed by atoms with E-state index in [1.165, 1.54) is 4.90 Å². The molecule has 1 aromatic heterocycles. The number of carbonyl (C=O) groups is 2. The van der Waals surface area contributed by atoms with Crippen molar-refractivity contribution in [3.8, 4) is 17.2 Å². The molecular weight excluding hydrogens is 472 g/mol. The van der Waals surface area contributed by atoms with E-state index >= 15 is 0 Å². The number of nitrogens with zero attached hydrogens (tertiary/aromatic N) is 1. The number of fused-ring (bicyclic) bond motifs is 1. The monoisotopic (exact) mass is 500 g/mol. The van der Waals surface area contributed by atoms with Crippen LogP contribution in [-0.4, -0.2) is 36.4 Å². The van der Waals surface area contributed by atoms with Crippen molar-refractivity contribution in [3.05, 3.63) is 89.3 Å². The van der Waals surface area contributed by atoms with Gasteiger partial charge in [-0.3, -0.25) is 9.59 Å². The lowest BCUT2D eigenvalue weighted by molar-refractivity contribution is -0.378. The van der Waals surface area contributed by atoms with Gasteiger partial charge >= 0.3 is 0 Å². The van der Waals surface area contributed by atoms with E-state index in [-0.39, 0.29) is 17.7 Å². The molecule has 3 heterocycles. The first-order valence-corrected chi connectivity index (χ1v) is 12.4. The topological polar surface area (TPSA) is 102 Å². The Labute approximate surface area is 215 Å². The molecule has 0 spiro atoms. The largest absolute Gasteiger partial charge is 0.872 e. The molecule has 2 aliphatic rings. The zero-order valence-electron chi connectivity index (χ0n) is 20.6. The average molecular weight is 501 g/mol. The number of amides is 1. The van der Waals surface area contributed by atoms with E-state index in [0.717, 1.165) is 18.4 Å². The van der Waals surface area contributed by atoms with Crippen LogP contribution in [0.3, 0.4) is 0 Å². The zero-order chi connectivity index (χ0) is 25.8. The number of pyridine rings is 1. The first-order chi connectivity index (χ1) is 18.1. The SMILES string of the molecule is CCCCOc1cccc(C2C(=C([O-])c3ccc4c(c3)OCCO4)C(=O)C(=O)N2Cc2ccc[nH+]c2)c1. The summed E-state index contributed by atoms with van der Waals surface area (Å²) in [6.45, 7) is 3.59. The molecule has 2 aliphatic heterocycles. The Morgan fingerprint density at radius 2 is 1.92 bits per heavy atom. The maximum atomic E-state index is 13.8. The Balaban J connectivity index is 1.59. The number of H-pyrrole nitrogens is 1. The van der Waals surface area contributed by atoms with Gasteiger partial charge in [-0.2, -0.15) is 0 Å². The Morgan fingerprint density at radius 1 is 1.08 bits per heavy atom. The lowest BCUT2D eigenvalue weighted by Gasteiger charge is -2.28. The molecule has 37 heavy (non-hydrogen) atoms. The molecule has 0 saturated carbocycles. The molecule has 5 rings (SSSR count). The minimum absolute atomic E-state index is 0.0905. The third-order valence-corrected chi connectivity index (χ3v) is 6.40. The summed E-state index contributed by atoms with van der Waals surface area (Å²) in [5, 5.41) is 13.8. The molecular formula is C29H28N2O6. The van der Waals surface area contributed by atoms with Crippen molar-refractivity contribution < 1.29 is 33.9 Å². The van der Waals surface area contributed by atoms with Crippen LogP contribution in [0.15, 0.2) is 72.6 Å². The molecule has 0 radical (unpaired) electrons. The molecule has 1 amide bonds. The van der Waals surface area contributed by atoms with Gasteiger partial charge in [-0.1, -0.05) is 37.3 Å². The number of aromatic nitrogens is 1. The molecule has 190 valence electrons. The highest BCUT2D eigenvalue weighted by Gasteiger charge is 2.44. The van der Waals surface area contributed by atoms with Crippen LogP contribution < -0.4 is 24.3 Å². The van der Waals surface area contributed by atoms with Crippen LogP contribution in [0.4, 0.5) is 0 Å². The van der Waals surface area contributed by atoms with Crippen LogP contribution in [0.5, 0.6) is 17.2 Å². The van der Waals surface area contributed by atoms with Gasteiger partial charge in [0.25, 0.3) is 5.91 Å². The summed E-state index contributed by atoms with van der Waals surface area (Å²) in [5.74, 6) is -0.433. The predicted molar refractivity (Wildman–Crippen MR) is 132 cm³/mol. The quantitative estimate of drug-likeness (QED) is 0.204. The molecule has 0 aliphatic carbocycles. The van der Waals surface area contributed by atoms with Crippen LogP contribution >= 0.6 is 0 Å². The summed E-state index contributed by atoms with van der Waals surface area (Å²) in [6.07, 6.45) is 5.42. The Morgan fingerprint density at radius 3 is 2.70 bits per heavy atom. The third-order valence-electron chi connectivity index (χ3n) is 6.40. The molecule has 1 atom stereocenters. The molecule has 2 aromatic carbocycles. The van der Waals surface area contributed by atoms with E-state index in [9.17, 15) is 14.7 Å². The molecule has 8 nitrogen and oxygen atoms in total. The second-order valence-electron chi connectivity index (χ2n) is 8.95. The molecule has 1 N–H and O–H groups in total. The van der Waals surface area contributed by atoms with E-state index in [1.807, 2.05) is 30.3 Å². The lowest BCUT2D eigenvalue weighted by Crippen LogP contribution is -2.29. The number of likely N-dealkylation sites (tertiary alicyclic amines) is 1. The maximum Gasteiger partial charge on any atom is 0.295 e.